The number of nitriles is 1. The molecule has 0 saturated carbocycles. The van der Waals surface area contributed by atoms with E-state index in [9.17, 15) is 4.79 Å². The van der Waals surface area contributed by atoms with Gasteiger partial charge in [-0.1, -0.05) is 13.8 Å². The zero-order chi connectivity index (χ0) is 12.0. The van der Waals surface area contributed by atoms with Crippen LogP contribution in [0.3, 0.4) is 0 Å². The number of aromatic nitrogens is 1. The first-order chi connectivity index (χ1) is 7.63. The monoisotopic (exact) mass is 217 g/mol. The standard InChI is InChI=1S/C12H15N3O/c1-9(2)3-5-15-12(16)11-7-10(8-13)4-6-14-11/h4,6-7,9H,3,5H2,1-2H3,(H,15,16). The molecule has 4 heteroatoms. The van der Waals surface area contributed by atoms with Crippen molar-refractivity contribution < 1.29 is 4.79 Å². The second kappa shape index (κ2) is 5.86. The maximum atomic E-state index is 11.6. The first kappa shape index (κ1) is 12.2. The maximum Gasteiger partial charge on any atom is 0.269 e. The first-order valence-corrected chi connectivity index (χ1v) is 5.28. The topological polar surface area (TPSA) is 65.8 Å². The van der Waals surface area contributed by atoms with Gasteiger partial charge in [0.2, 0.25) is 0 Å². The molecule has 0 aliphatic heterocycles. The van der Waals surface area contributed by atoms with Gasteiger partial charge in [-0.2, -0.15) is 5.26 Å². The largest absolute Gasteiger partial charge is 0.351 e. The smallest absolute Gasteiger partial charge is 0.269 e. The molecule has 1 rings (SSSR count). The number of carbonyl (C=O) groups excluding carboxylic acids is 1. The second-order valence-corrected chi connectivity index (χ2v) is 3.98. The van der Waals surface area contributed by atoms with Crippen LogP contribution >= 0.6 is 0 Å². The predicted octanol–water partition coefficient (Wildman–Crippen LogP) is 1.73. The van der Waals surface area contributed by atoms with Crippen molar-refractivity contribution in [3.8, 4) is 6.07 Å². The molecule has 0 spiro atoms. The summed E-state index contributed by atoms with van der Waals surface area (Å²) >= 11 is 0. The summed E-state index contributed by atoms with van der Waals surface area (Å²) in [5.41, 5.74) is 0.742. The van der Waals surface area contributed by atoms with Crippen LogP contribution in [-0.2, 0) is 0 Å². The molecule has 0 radical (unpaired) electrons. The molecule has 1 aromatic rings. The summed E-state index contributed by atoms with van der Waals surface area (Å²) in [6.45, 7) is 4.83. The normalized spacial score (nSPS) is 9.88. The SMILES string of the molecule is CC(C)CCNC(=O)c1cc(C#N)ccn1. The summed E-state index contributed by atoms with van der Waals surface area (Å²) in [6, 6.07) is 5.04. The van der Waals surface area contributed by atoms with E-state index in [0.29, 0.717) is 23.7 Å². The molecule has 0 aromatic carbocycles. The van der Waals surface area contributed by atoms with E-state index in [1.54, 1.807) is 6.07 Å². The lowest BCUT2D eigenvalue weighted by Gasteiger charge is -2.06. The van der Waals surface area contributed by atoms with E-state index in [0.717, 1.165) is 6.42 Å². The van der Waals surface area contributed by atoms with E-state index in [1.165, 1.54) is 12.3 Å². The van der Waals surface area contributed by atoms with Crippen molar-refractivity contribution in [2.24, 2.45) is 5.92 Å². The highest BCUT2D eigenvalue weighted by molar-refractivity contribution is 5.92. The second-order valence-electron chi connectivity index (χ2n) is 3.98. The van der Waals surface area contributed by atoms with Crippen LogP contribution in [-0.4, -0.2) is 17.4 Å². The van der Waals surface area contributed by atoms with Crippen molar-refractivity contribution >= 4 is 5.91 Å². The molecule has 0 aliphatic carbocycles. The maximum absolute atomic E-state index is 11.6. The number of nitrogens with zero attached hydrogens (tertiary/aromatic N) is 2. The van der Waals surface area contributed by atoms with Crippen molar-refractivity contribution in [3.63, 3.8) is 0 Å². The number of amides is 1. The van der Waals surface area contributed by atoms with Gasteiger partial charge in [0.1, 0.15) is 5.69 Å². The number of rotatable bonds is 4. The molecule has 0 saturated heterocycles. The summed E-state index contributed by atoms with van der Waals surface area (Å²) in [6.07, 6.45) is 2.40. The summed E-state index contributed by atoms with van der Waals surface area (Å²) in [5, 5.41) is 11.5. The number of hydrogen-bond donors (Lipinski definition) is 1. The van der Waals surface area contributed by atoms with E-state index < -0.39 is 0 Å². The zero-order valence-corrected chi connectivity index (χ0v) is 9.53. The number of hydrogen-bond acceptors (Lipinski definition) is 3. The Hall–Kier alpha value is -1.89. The fraction of sp³-hybridized carbons (Fsp3) is 0.417. The average Bonchev–Trinajstić information content (AvgIpc) is 2.28. The van der Waals surface area contributed by atoms with Gasteiger partial charge in [-0.05, 0) is 24.5 Å². The van der Waals surface area contributed by atoms with Gasteiger partial charge in [0, 0.05) is 12.7 Å². The molecule has 0 unspecified atom stereocenters. The van der Waals surface area contributed by atoms with Crippen molar-refractivity contribution in [2.75, 3.05) is 6.54 Å². The highest BCUT2D eigenvalue weighted by Gasteiger charge is 2.07. The van der Waals surface area contributed by atoms with Crippen LogP contribution in [0.4, 0.5) is 0 Å². The Morgan fingerprint density at radius 1 is 1.62 bits per heavy atom. The van der Waals surface area contributed by atoms with Crippen molar-refractivity contribution in [2.45, 2.75) is 20.3 Å². The Bertz CT molecular complexity index is 407. The highest BCUT2D eigenvalue weighted by Crippen LogP contribution is 2.01. The molecule has 1 aromatic heterocycles. The van der Waals surface area contributed by atoms with Crippen molar-refractivity contribution in [1.29, 1.82) is 5.26 Å². The van der Waals surface area contributed by atoms with Crippen LogP contribution in [0.1, 0.15) is 36.3 Å². The van der Waals surface area contributed by atoms with Gasteiger partial charge in [-0.15, -0.1) is 0 Å². The average molecular weight is 217 g/mol. The lowest BCUT2D eigenvalue weighted by molar-refractivity contribution is 0.0947. The first-order valence-electron chi connectivity index (χ1n) is 5.28. The van der Waals surface area contributed by atoms with Crippen molar-refractivity contribution in [3.05, 3.63) is 29.6 Å². The fourth-order valence-electron chi connectivity index (χ4n) is 1.19. The van der Waals surface area contributed by atoms with Crippen LogP contribution < -0.4 is 5.32 Å². The zero-order valence-electron chi connectivity index (χ0n) is 9.53. The third-order valence-corrected chi connectivity index (χ3v) is 2.13. The Kier molecular flexibility index (Phi) is 4.46. The van der Waals surface area contributed by atoms with E-state index >= 15 is 0 Å². The summed E-state index contributed by atoms with van der Waals surface area (Å²) in [7, 11) is 0. The van der Waals surface area contributed by atoms with Gasteiger partial charge in [0.15, 0.2) is 0 Å². The molecule has 84 valence electrons. The Balaban J connectivity index is 2.56. The molecule has 1 amide bonds. The summed E-state index contributed by atoms with van der Waals surface area (Å²) < 4.78 is 0. The number of carbonyl (C=O) groups is 1. The lowest BCUT2D eigenvalue weighted by Crippen LogP contribution is -2.26. The molecular formula is C12H15N3O. The minimum atomic E-state index is -0.224. The molecular weight excluding hydrogens is 202 g/mol. The number of nitrogens with one attached hydrogen (secondary N) is 1. The van der Waals surface area contributed by atoms with Gasteiger partial charge < -0.3 is 5.32 Å². The minimum absolute atomic E-state index is 0.224. The third kappa shape index (κ3) is 3.70. The van der Waals surface area contributed by atoms with Crippen LogP contribution in [0.5, 0.6) is 0 Å². The van der Waals surface area contributed by atoms with E-state index in [4.69, 9.17) is 5.26 Å². The van der Waals surface area contributed by atoms with Crippen LogP contribution in [0.15, 0.2) is 18.3 Å². The molecule has 0 bridgehead atoms. The van der Waals surface area contributed by atoms with E-state index in [1.807, 2.05) is 6.07 Å². The molecule has 1 heterocycles. The molecule has 0 aliphatic rings. The minimum Gasteiger partial charge on any atom is -0.351 e. The molecule has 0 fully saturated rings. The predicted molar refractivity (Wildman–Crippen MR) is 60.7 cm³/mol. The van der Waals surface area contributed by atoms with Crippen LogP contribution in [0.25, 0.3) is 0 Å². The Morgan fingerprint density at radius 3 is 3.00 bits per heavy atom. The van der Waals surface area contributed by atoms with Gasteiger partial charge in [0.05, 0.1) is 11.6 Å². The van der Waals surface area contributed by atoms with E-state index in [-0.39, 0.29) is 5.91 Å². The van der Waals surface area contributed by atoms with Gasteiger partial charge in [-0.3, -0.25) is 9.78 Å². The molecule has 1 N–H and O–H groups in total. The molecule has 0 atom stereocenters. The quantitative estimate of drug-likeness (QED) is 0.835. The summed E-state index contributed by atoms with van der Waals surface area (Å²) in [5.74, 6) is 0.330. The highest BCUT2D eigenvalue weighted by atomic mass is 16.1. The summed E-state index contributed by atoms with van der Waals surface area (Å²) in [4.78, 5) is 15.5. The number of pyridine rings is 1. The van der Waals surface area contributed by atoms with Crippen LogP contribution in [0.2, 0.25) is 0 Å². The van der Waals surface area contributed by atoms with Crippen molar-refractivity contribution in [1.82, 2.24) is 10.3 Å². The van der Waals surface area contributed by atoms with E-state index in [2.05, 4.69) is 24.1 Å². The molecule has 16 heavy (non-hydrogen) atoms. The third-order valence-electron chi connectivity index (χ3n) is 2.13. The Morgan fingerprint density at radius 2 is 2.38 bits per heavy atom. The van der Waals surface area contributed by atoms with Gasteiger partial charge in [0.25, 0.3) is 5.91 Å². The van der Waals surface area contributed by atoms with Gasteiger partial charge >= 0.3 is 0 Å². The molecule has 4 nitrogen and oxygen atoms in total. The lowest BCUT2D eigenvalue weighted by atomic mass is 10.1. The Labute approximate surface area is 95.3 Å². The van der Waals surface area contributed by atoms with Crippen LogP contribution in [0, 0.1) is 17.2 Å². The van der Waals surface area contributed by atoms with Gasteiger partial charge in [-0.25, -0.2) is 0 Å². The fourth-order valence-corrected chi connectivity index (χ4v) is 1.19.